The van der Waals surface area contributed by atoms with Crippen molar-refractivity contribution >= 4 is 5.69 Å². The van der Waals surface area contributed by atoms with E-state index < -0.39 is 0 Å². The SMILES string of the molecule is CO[C@H]1CN(c2cc(F)c3c(c2C#N)CCCC3)C[C@@H]1N. The molecule has 0 saturated carbocycles. The molecule has 1 aliphatic carbocycles. The third kappa shape index (κ3) is 2.39. The Morgan fingerprint density at radius 3 is 2.67 bits per heavy atom. The predicted octanol–water partition coefficient (Wildman–Crippen LogP) is 1.74. The summed E-state index contributed by atoms with van der Waals surface area (Å²) in [5, 5.41) is 9.55. The molecule has 21 heavy (non-hydrogen) atoms. The summed E-state index contributed by atoms with van der Waals surface area (Å²) >= 11 is 0. The maximum atomic E-state index is 14.4. The Morgan fingerprint density at radius 1 is 1.33 bits per heavy atom. The van der Waals surface area contributed by atoms with E-state index in [1.54, 1.807) is 7.11 Å². The van der Waals surface area contributed by atoms with Crippen molar-refractivity contribution in [3.63, 3.8) is 0 Å². The molecule has 0 radical (unpaired) electrons. The van der Waals surface area contributed by atoms with Crippen LogP contribution < -0.4 is 10.6 Å². The lowest BCUT2D eigenvalue weighted by Crippen LogP contribution is -2.34. The first-order chi connectivity index (χ1) is 10.2. The molecule has 1 aromatic rings. The lowest BCUT2D eigenvalue weighted by atomic mass is 9.87. The highest BCUT2D eigenvalue weighted by atomic mass is 19.1. The van der Waals surface area contributed by atoms with Gasteiger partial charge in [-0.05, 0) is 42.9 Å². The number of methoxy groups -OCH3 is 1. The monoisotopic (exact) mass is 289 g/mol. The van der Waals surface area contributed by atoms with Gasteiger partial charge in [-0.3, -0.25) is 0 Å². The van der Waals surface area contributed by atoms with Gasteiger partial charge in [-0.1, -0.05) is 0 Å². The maximum Gasteiger partial charge on any atom is 0.128 e. The van der Waals surface area contributed by atoms with Crippen molar-refractivity contribution in [3.8, 4) is 6.07 Å². The highest BCUT2D eigenvalue weighted by molar-refractivity contribution is 5.66. The summed E-state index contributed by atoms with van der Waals surface area (Å²) in [6.45, 7) is 1.19. The van der Waals surface area contributed by atoms with Gasteiger partial charge in [0.1, 0.15) is 11.9 Å². The number of nitriles is 1. The number of anilines is 1. The van der Waals surface area contributed by atoms with E-state index in [-0.39, 0.29) is 18.0 Å². The van der Waals surface area contributed by atoms with Crippen molar-refractivity contribution in [2.75, 3.05) is 25.1 Å². The Morgan fingerprint density at radius 2 is 2.05 bits per heavy atom. The van der Waals surface area contributed by atoms with Gasteiger partial charge in [-0.15, -0.1) is 0 Å². The van der Waals surface area contributed by atoms with Crippen molar-refractivity contribution in [2.45, 2.75) is 37.8 Å². The number of nitrogens with two attached hydrogens (primary N) is 1. The molecular weight excluding hydrogens is 269 g/mol. The zero-order valence-electron chi connectivity index (χ0n) is 12.2. The number of rotatable bonds is 2. The van der Waals surface area contributed by atoms with Crippen LogP contribution in [0, 0.1) is 17.1 Å². The second kappa shape index (κ2) is 5.63. The fourth-order valence-electron chi connectivity index (χ4n) is 3.50. The summed E-state index contributed by atoms with van der Waals surface area (Å²) in [5.41, 5.74) is 8.96. The van der Waals surface area contributed by atoms with E-state index in [1.165, 1.54) is 6.07 Å². The fraction of sp³-hybridized carbons (Fsp3) is 0.562. The van der Waals surface area contributed by atoms with Crippen LogP contribution in [0.5, 0.6) is 0 Å². The molecule has 2 N–H and O–H groups in total. The van der Waals surface area contributed by atoms with Crippen LogP contribution in [0.4, 0.5) is 10.1 Å². The summed E-state index contributed by atoms with van der Waals surface area (Å²) in [4.78, 5) is 1.98. The quantitative estimate of drug-likeness (QED) is 0.901. The third-order valence-electron chi connectivity index (χ3n) is 4.64. The number of nitrogens with zero attached hydrogens (tertiary/aromatic N) is 2. The van der Waals surface area contributed by atoms with Crippen LogP contribution in [0.15, 0.2) is 6.07 Å². The van der Waals surface area contributed by atoms with Crippen LogP contribution in [0.2, 0.25) is 0 Å². The Labute approximate surface area is 124 Å². The molecular formula is C16H20FN3O. The minimum absolute atomic E-state index is 0.0735. The first kappa shape index (κ1) is 14.3. The van der Waals surface area contributed by atoms with Gasteiger partial charge in [0.25, 0.3) is 0 Å². The van der Waals surface area contributed by atoms with E-state index in [1.807, 2.05) is 4.90 Å². The molecule has 3 rings (SSSR count). The van der Waals surface area contributed by atoms with Crippen LogP contribution in [0.25, 0.3) is 0 Å². The van der Waals surface area contributed by atoms with Crippen molar-refractivity contribution in [3.05, 3.63) is 28.6 Å². The van der Waals surface area contributed by atoms with Gasteiger partial charge in [-0.25, -0.2) is 4.39 Å². The second-order valence-corrected chi connectivity index (χ2v) is 5.87. The van der Waals surface area contributed by atoms with E-state index in [2.05, 4.69) is 6.07 Å². The van der Waals surface area contributed by atoms with Gasteiger partial charge >= 0.3 is 0 Å². The van der Waals surface area contributed by atoms with Crippen molar-refractivity contribution in [1.82, 2.24) is 0 Å². The normalized spacial score (nSPS) is 24.8. The van der Waals surface area contributed by atoms with E-state index in [0.29, 0.717) is 24.3 Å². The average molecular weight is 289 g/mol. The lowest BCUT2D eigenvalue weighted by molar-refractivity contribution is 0.108. The van der Waals surface area contributed by atoms with E-state index >= 15 is 0 Å². The summed E-state index contributed by atoms with van der Waals surface area (Å²) < 4.78 is 19.7. The molecule has 1 heterocycles. The van der Waals surface area contributed by atoms with Gasteiger partial charge in [0, 0.05) is 20.2 Å². The highest BCUT2D eigenvalue weighted by Crippen LogP contribution is 2.35. The summed E-state index contributed by atoms with van der Waals surface area (Å²) in [6.07, 6.45) is 3.46. The number of fused-ring (bicyclic) bond motifs is 1. The lowest BCUT2D eigenvalue weighted by Gasteiger charge is -2.25. The van der Waals surface area contributed by atoms with Crippen LogP contribution in [0.1, 0.15) is 29.5 Å². The first-order valence-electron chi connectivity index (χ1n) is 7.43. The first-order valence-corrected chi connectivity index (χ1v) is 7.43. The zero-order valence-corrected chi connectivity index (χ0v) is 12.2. The molecule has 1 fully saturated rings. The Bertz CT molecular complexity index is 596. The molecule has 5 heteroatoms. The average Bonchev–Trinajstić information content (AvgIpc) is 2.88. The number of halogens is 1. The molecule has 1 aliphatic heterocycles. The minimum Gasteiger partial charge on any atom is -0.378 e. The molecule has 2 atom stereocenters. The van der Waals surface area contributed by atoms with Crippen LogP contribution >= 0.6 is 0 Å². The summed E-state index contributed by atoms with van der Waals surface area (Å²) in [5.74, 6) is -0.187. The zero-order chi connectivity index (χ0) is 15.0. The summed E-state index contributed by atoms with van der Waals surface area (Å²) in [7, 11) is 1.63. The number of hydrogen-bond acceptors (Lipinski definition) is 4. The fourth-order valence-corrected chi connectivity index (χ4v) is 3.50. The largest absolute Gasteiger partial charge is 0.378 e. The summed E-state index contributed by atoms with van der Waals surface area (Å²) in [6, 6.07) is 3.68. The van der Waals surface area contributed by atoms with Gasteiger partial charge in [0.15, 0.2) is 0 Å². The predicted molar refractivity (Wildman–Crippen MR) is 78.7 cm³/mol. The van der Waals surface area contributed by atoms with E-state index in [4.69, 9.17) is 10.5 Å². The molecule has 0 spiro atoms. The van der Waals surface area contributed by atoms with Gasteiger partial charge in [0.2, 0.25) is 0 Å². The Balaban J connectivity index is 2.04. The van der Waals surface area contributed by atoms with E-state index in [0.717, 1.165) is 36.8 Å². The molecule has 4 nitrogen and oxygen atoms in total. The molecule has 2 aliphatic rings. The highest BCUT2D eigenvalue weighted by Gasteiger charge is 2.33. The Hall–Kier alpha value is -1.64. The van der Waals surface area contributed by atoms with Crippen molar-refractivity contribution in [1.29, 1.82) is 5.26 Å². The van der Waals surface area contributed by atoms with Gasteiger partial charge in [0.05, 0.1) is 23.4 Å². The van der Waals surface area contributed by atoms with Crippen LogP contribution in [-0.4, -0.2) is 32.3 Å². The molecule has 112 valence electrons. The Kier molecular flexibility index (Phi) is 3.83. The van der Waals surface area contributed by atoms with Crippen LogP contribution in [-0.2, 0) is 17.6 Å². The topological polar surface area (TPSA) is 62.3 Å². The standard InChI is InChI=1S/C16H20FN3O/c1-21-16-9-20(8-14(16)19)15-6-13(17)11-5-3-2-4-10(11)12(15)7-18/h6,14,16H,2-5,8-9,19H2,1H3/t14-,16-/m0/s1. The molecule has 0 unspecified atom stereocenters. The van der Waals surface area contributed by atoms with E-state index in [9.17, 15) is 9.65 Å². The van der Waals surface area contributed by atoms with Crippen molar-refractivity contribution < 1.29 is 9.13 Å². The van der Waals surface area contributed by atoms with Gasteiger partial charge < -0.3 is 15.4 Å². The molecule has 0 aromatic heterocycles. The number of benzene rings is 1. The smallest absolute Gasteiger partial charge is 0.128 e. The molecule has 1 saturated heterocycles. The molecule has 1 aromatic carbocycles. The van der Waals surface area contributed by atoms with Crippen LogP contribution in [0.3, 0.4) is 0 Å². The minimum atomic E-state index is -0.187. The maximum absolute atomic E-state index is 14.4. The molecule has 0 amide bonds. The number of hydrogen-bond donors (Lipinski definition) is 1. The van der Waals surface area contributed by atoms with Gasteiger partial charge in [-0.2, -0.15) is 5.26 Å². The van der Waals surface area contributed by atoms with Crippen molar-refractivity contribution in [2.24, 2.45) is 5.73 Å². The second-order valence-electron chi connectivity index (χ2n) is 5.87. The third-order valence-corrected chi connectivity index (χ3v) is 4.64. The number of ether oxygens (including phenoxy) is 1. The molecule has 0 bridgehead atoms.